The summed E-state index contributed by atoms with van der Waals surface area (Å²) in [5.41, 5.74) is 5.02. The zero-order valence-corrected chi connectivity index (χ0v) is 12.2. The molecule has 4 nitrogen and oxygen atoms in total. The van der Waals surface area contributed by atoms with Crippen LogP contribution in [0.25, 0.3) is 0 Å². The molecule has 0 saturated carbocycles. The monoisotopic (exact) mass is 300 g/mol. The number of amidine groups is 1. The van der Waals surface area contributed by atoms with E-state index >= 15 is 0 Å². The number of hydrazone groups is 1. The quantitative estimate of drug-likeness (QED) is 0.699. The molecule has 1 aromatic carbocycles. The fraction of sp³-hybridized carbons (Fsp3) is 0.0714. The summed E-state index contributed by atoms with van der Waals surface area (Å²) in [5, 5.41) is 15.3. The Hall–Kier alpha value is -1.92. The molecule has 1 aromatic heterocycles. The minimum Gasteiger partial charge on any atom is -0.254 e. The van der Waals surface area contributed by atoms with E-state index in [1.165, 1.54) is 0 Å². The largest absolute Gasteiger partial charge is 0.254 e. The lowest BCUT2D eigenvalue weighted by Crippen LogP contribution is -2.20. The summed E-state index contributed by atoms with van der Waals surface area (Å²) < 4.78 is 0. The van der Waals surface area contributed by atoms with E-state index < -0.39 is 0 Å². The Morgan fingerprint density at radius 3 is 2.70 bits per heavy atom. The Morgan fingerprint density at radius 2 is 2.00 bits per heavy atom. The number of hydrogen-bond acceptors (Lipinski definition) is 6. The van der Waals surface area contributed by atoms with Crippen LogP contribution in [0.3, 0.4) is 0 Å². The predicted octanol–water partition coefficient (Wildman–Crippen LogP) is 3.18. The average Bonchev–Trinajstić information content (AvgIpc) is 3.02. The summed E-state index contributed by atoms with van der Waals surface area (Å²) in [6.07, 6.45) is 1.78. The van der Waals surface area contributed by atoms with Crippen molar-refractivity contribution in [1.82, 2.24) is 5.43 Å². The van der Waals surface area contributed by atoms with Crippen LogP contribution in [0.2, 0.25) is 0 Å². The third-order valence-corrected chi connectivity index (χ3v) is 4.28. The second kappa shape index (κ2) is 6.49. The van der Waals surface area contributed by atoms with Gasteiger partial charge in [0.15, 0.2) is 0 Å². The predicted molar refractivity (Wildman–Crippen MR) is 87.9 cm³/mol. The van der Waals surface area contributed by atoms with Crippen molar-refractivity contribution in [3.05, 3.63) is 58.3 Å². The second-order valence-electron chi connectivity index (χ2n) is 3.99. The van der Waals surface area contributed by atoms with Gasteiger partial charge in [-0.1, -0.05) is 48.2 Å². The first-order chi connectivity index (χ1) is 9.92. The molecule has 0 saturated heterocycles. The molecule has 0 bridgehead atoms. The maximum Gasteiger partial charge on any atom is 0.203 e. The third kappa shape index (κ3) is 3.34. The first kappa shape index (κ1) is 13.1. The highest BCUT2D eigenvalue weighted by Gasteiger charge is 2.11. The van der Waals surface area contributed by atoms with Crippen molar-refractivity contribution in [2.75, 3.05) is 5.75 Å². The van der Waals surface area contributed by atoms with E-state index in [1.54, 1.807) is 29.3 Å². The molecule has 1 aliphatic rings. The third-order valence-electron chi connectivity index (χ3n) is 2.61. The lowest BCUT2D eigenvalue weighted by molar-refractivity contribution is 1.03. The molecule has 1 aliphatic heterocycles. The molecule has 2 heterocycles. The highest BCUT2D eigenvalue weighted by molar-refractivity contribution is 8.14. The molecule has 6 heteroatoms. The van der Waals surface area contributed by atoms with Gasteiger partial charge in [0.25, 0.3) is 0 Å². The number of thiophene rings is 1. The summed E-state index contributed by atoms with van der Waals surface area (Å²) in [4.78, 5) is 1.10. The zero-order chi connectivity index (χ0) is 13.6. The van der Waals surface area contributed by atoms with Crippen LogP contribution in [-0.4, -0.2) is 22.8 Å². The first-order valence-electron chi connectivity index (χ1n) is 6.07. The van der Waals surface area contributed by atoms with E-state index in [1.807, 2.05) is 47.8 Å². The normalized spacial score (nSPS) is 15.0. The van der Waals surface area contributed by atoms with E-state index in [-0.39, 0.29) is 0 Å². The van der Waals surface area contributed by atoms with Gasteiger partial charge in [0.1, 0.15) is 0 Å². The number of rotatable bonds is 3. The van der Waals surface area contributed by atoms with E-state index in [9.17, 15) is 0 Å². The van der Waals surface area contributed by atoms with Gasteiger partial charge in [0.2, 0.25) is 5.17 Å². The number of hydrogen-bond donors (Lipinski definition) is 1. The molecule has 100 valence electrons. The molecule has 2 aromatic rings. The summed E-state index contributed by atoms with van der Waals surface area (Å²) in [5.74, 6) is 0.796. The van der Waals surface area contributed by atoms with Crippen LogP contribution in [0.1, 0.15) is 10.4 Å². The molecular weight excluding hydrogens is 288 g/mol. The van der Waals surface area contributed by atoms with Gasteiger partial charge in [-0.3, -0.25) is 5.43 Å². The van der Waals surface area contributed by atoms with E-state index in [4.69, 9.17) is 0 Å². The van der Waals surface area contributed by atoms with Crippen molar-refractivity contribution >= 4 is 40.2 Å². The van der Waals surface area contributed by atoms with Crippen LogP contribution in [0.5, 0.6) is 0 Å². The van der Waals surface area contributed by atoms with Crippen LogP contribution in [0.15, 0.2) is 63.1 Å². The molecule has 3 rings (SSSR count). The van der Waals surface area contributed by atoms with Crippen LogP contribution in [0.4, 0.5) is 0 Å². The molecule has 0 aliphatic carbocycles. The fourth-order valence-electron chi connectivity index (χ4n) is 1.64. The lowest BCUT2D eigenvalue weighted by atomic mass is 10.1. The van der Waals surface area contributed by atoms with Crippen molar-refractivity contribution in [3.8, 4) is 0 Å². The smallest absolute Gasteiger partial charge is 0.203 e. The Kier molecular flexibility index (Phi) is 4.25. The average molecular weight is 300 g/mol. The minimum atomic E-state index is 0.720. The highest BCUT2D eigenvalue weighted by atomic mass is 32.2. The van der Waals surface area contributed by atoms with Gasteiger partial charge in [-0.25, -0.2) is 0 Å². The number of benzene rings is 1. The van der Waals surface area contributed by atoms with Crippen LogP contribution in [-0.2, 0) is 0 Å². The second-order valence-corrected chi connectivity index (χ2v) is 5.94. The van der Waals surface area contributed by atoms with Gasteiger partial charge < -0.3 is 0 Å². The maximum atomic E-state index is 4.25. The van der Waals surface area contributed by atoms with E-state index in [0.29, 0.717) is 0 Å². The Bertz CT molecular complexity index is 645. The maximum absolute atomic E-state index is 4.25. The van der Waals surface area contributed by atoms with Gasteiger partial charge >= 0.3 is 0 Å². The molecule has 20 heavy (non-hydrogen) atoms. The number of thioether (sulfide) groups is 1. The summed E-state index contributed by atoms with van der Waals surface area (Å²) >= 11 is 3.24. The standard InChI is InChI=1S/C14H12N4S2/c1-2-5-11(6-3-1)13-10-20-14(18-16-13)17-15-9-12-7-4-8-19-12/h1-9H,10H2,(H,17,18)/b15-9-. The molecule has 0 amide bonds. The lowest BCUT2D eigenvalue weighted by Gasteiger charge is -2.10. The molecular formula is C14H12N4S2. The zero-order valence-electron chi connectivity index (χ0n) is 10.6. The van der Waals surface area contributed by atoms with Gasteiger partial charge in [-0.2, -0.15) is 10.2 Å². The van der Waals surface area contributed by atoms with Gasteiger partial charge in [-0.15, -0.1) is 16.4 Å². The van der Waals surface area contributed by atoms with Crippen LogP contribution >= 0.6 is 23.1 Å². The molecule has 0 unspecified atom stereocenters. The first-order valence-corrected chi connectivity index (χ1v) is 7.94. The van der Waals surface area contributed by atoms with Crippen molar-refractivity contribution in [3.63, 3.8) is 0 Å². The SMILES string of the molecule is C(=N/NC1=NN=C(c2ccccc2)CS1)/c1cccs1. The van der Waals surface area contributed by atoms with Gasteiger partial charge in [0, 0.05) is 10.6 Å². The minimum absolute atomic E-state index is 0.720. The Labute approximate surface area is 125 Å². The van der Waals surface area contributed by atoms with E-state index in [0.717, 1.165) is 27.1 Å². The molecule has 0 atom stereocenters. The highest BCUT2D eigenvalue weighted by Crippen LogP contribution is 2.14. The molecule has 0 spiro atoms. The Morgan fingerprint density at radius 1 is 1.10 bits per heavy atom. The van der Waals surface area contributed by atoms with Crippen LogP contribution in [0, 0.1) is 0 Å². The fourth-order valence-corrected chi connectivity index (χ4v) is 2.94. The van der Waals surface area contributed by atoms with Crippen LogP contribution < -0.4 is 5.43 Å². The summed E-state index contributed by atoms with van der Waals surface area (Å²) in [7, 11) is 0. The topological polar surface area (TPSA) is 49.1 Å². The van der Waals surface area contributed by atoms with Crippen molar-refractivity contribution < 1.29 is 0 Å². The molecule has 0 fully saturated rings. The summed E-state index contributed by atoms with van der Waals surface area (Å²) in [6.45, 7) is 0. The van der Waals surface area contributed by atoms with Gasteiger partial charge in [-0.05, 0) is 17.0 Å². The van der Waals surface area contributed by atoms with Crippen molar-refractivity contribution in [1.29, 1.82) is 0 Å². The Balaban J connectivity index is 1.63. The molecule has 0 radical (unpaired) electrons. The van der Waals surface area contributed by atoms with E-state index in [2.05, 4.69) is 20.7 Å². The number of nitrogens with zero attached hydrogens (tertiary/aromatic N) is 3. The molecule has 1 N–H and O–H groups in total. The van der Waals surface area contributed by atoms with Crippen molar-refractivity contribution in [2.45, 2.75) is 0 Å². The van der Waals surface area contributed by atoms with Gasteiger partial charge in [0.05, 0.1) is 11.9 Å². The van der Waals surface area contributed by atoms with Crippen molar-refractivity contribution in [2.24, 2.45) is 15.3 Å². The summed E-state index contributed by atoms with van der Waals surface area (Å²) in [6, 6.07) is 14.1. The number of nitrogens with one attached hydrogen (secondary N) is 1.